The fraction of sp³-hybridized carbons (Fsp3) is 0.538. The number of thioether (sulfide) groups is 1. The molecule has 2 N–H and O–H groups in total. The van der Waals surface area contributed by atoms with Gasteiger partial charge in [0.05, 0.1) is 0 Å². The molecule has 1 fully saturated rings. The topological polar surface area (TPSA) is 26.0 Å². The fourth-order valence-corrected chi connectivity index (χ4v) is 3.27. The first-order valence-corrected chi connectivity index (χ1v) is 6.76. The van der Waals surface area contributed by atoms with Crippen LogP contribution < -0.4 is 5.73 Å². The van der Waals surface area contributed by atoms with E-state index < -0.39 is 0 Å². The summed E-state index contributed by atoms with van der Waals surface area (Å²) < 4.78 is 0. The minimum atomic E-state index is 0.483. The molecule has 2 atom stereocenters. The van der Waals surface area contributed by atoms with Crippen LogP contribution in [-0.4, -0.2) is 11.8 Å². The van der Waals surface area contributed by atoms with Gasteiger partial charge < -0.3 is 5.73 Å². The summed E-state index contributed by atoms with van der Waals surface area (Å²) in [6, 6.07) is 11.1. The number of hydrogen-bond donors (Lipinski definition) is 1. The van der Waals surface area contributed by atoms with Crippen molar-refractivity contribution in [3.8, 4) is 0 Å². The van der Waals surface area contributed by atoms with Crippen LogP contribution in [0.4, 0.5) is 0 Å². The third-order valence-electron chi connectivity index (χ3n) is 3.12. The first-order valence-electron chi connectivity index (χ1n) is 5.78. The van der Waals surface area contributed by atoms with Crippen LogP contribution in [0.15, 0.2) is 35.2 Å². The quantitative estimate of drug-likeness (QED) is 0.789. The Labute approximate surface area is 96.4 Å². The number of nitrogens with two attached hydrogens (primary N) is 1. The summed E-state index contributed by atoms with van der Waals surface area (Å²) in [4.78, 5) is 1.39. The molecule has 1 aromatic rings. The Balaban J connectivity index is 1.67. The third-order valence-corrected chi connectivity index (χ3v) is 4.17. The highest BCUT2D eigenvalue weighted by atomic mass is 32.2. The SMILES string of the molecule is NC1CCC(CCSc2ccccc2)C1. The molecule has 82 valence electrons. The second kappa shape index (κ2) is 5.57. The van der Waals surface area contributed by atoms with Gasteiger partial charge in [-0.1, -0.05) is 18.2 Å². The van der Waals surface area contributed by atoms with E-state index in [0.29, 0.717) is 6.04 Å². The number of hydrogen-bond acceptors (Lipinski definition) is 2. The molecule has 0 aliphatic heterocycles. The lowest BCUT2D eigenvalue weighted by Crippen LogP contribution is -2.14. The first-order chi connectivity index (χ1) is 7.34. The molecule has 1 aromatic carbocycles. The number of rotatable bonds is 4. The molecule has 0 aromatic heterocycles. The van der Waals surface area contributed by atoms with Gasteiger partial charge in [0.1, 0.15) is 0 Å². The van der Waals surface area contributed by atoms with Gasteiger partial charge in [0.25, 0.3) is 0 Å². The summed E-state index contributed by atoms with van der Waals surface area (Å²) in [7, 11) is 0. The van der Waals surface area contributed by atoms with E-state index in [1.54, 1.807) is 0 Å². The maximum atomic E-state index is 5.90. The fourth-order valence-electron chi connectivity index (χ4n) is 2.24. The molecule has 1 aliphatic carbocycles. The second-order valence-corrected chi connectivity index (χ2v) is 5.56. The highest BCUT2D eigenvalue weighted by molar-refractivity contribution is 7.99. The molecule has 2 unspecified atom stereocenters. The van der Waals surface area contributed by atoms with Crippen LogP contribution in [0.2, 0.25) is 0 Å². The van der Waals surface area contributed by atoms with Gasteiger partial charge in [0.15, 0.2) is 0 Å². The van der Waals surface area contributed by atoms with Gasteiger partial charge in [-0.15, -0.1) is 11.8 Å². The standard InChI is InChI=1S/C13H19NS/c14-12-7-6-11(10-12)8-9-15-13-4-2-1-3-5-13/h1-5,11-12H,6-10,14H2. The predicted octanol–water partition coefficient (Wildman–Crippen LogP) is 3.30. The molecule has 0 bridgehead atoms. The molecule has 0 radical (unpaired) electrons. The Morgan fingerprint density at radius 1 is 1.20 bits per heavy atom. The number of benzene rings is 1. The van der Waals surface area contributed by atoms with E-state index in [1.165, 1.54) is 36.3 Å². The van der Waals surface area contributed by atoms with Crippen LogP contribution in [0, 0.1) is 5.92 Å². The Morgan fingerprint density at radius 2 is 2.00 bits per heavy atom. The molecule has 15 heavy (non-hydrogen) atoms. The molecule has 0 amide bonds. The molecule has 0 heterocycles. The molecule has 1 aliphatic rings. The van der Waals surface area contributed by atoms with Crippen molar-refractivity contribution in [3.05, 3.63) is 30.3 Å². The summed E-state index contributed by atoms with van der Waals surface area (Å²) in [5.74, 6) is 2.12. The Kier molecular flexibility index (Phi) is 4.09. The first kappa shape index (κ1) is 11.0. The van der Waals surface area contributed by atoms with E-state index in [2.05, 4.69) is 30.3 Å². The summed E-state index contributed by atoms with van der Waals surface area (Å²) >= 11 is 1.97. The Morgan fingerprint density at radius 3 is 2.67 bits per heavy atom. The highest BCUT2D eigenvalue weighted by Crippen LogP contribution is 2.29. The molecule has 2 heteroatoms. The van der Waals surface area contributed by atoms with Crippen molar-refractivity contribution in [3.63, 3.8) is 0 Å². The van der Waals surface area contributed by atoms with Gasteiger partial charge in [0, 0.05) is 10.9 Å². The van der Waals surface area contributed by atoms with Crippen molar-refractivity contribution in [2.45, 2.75) is 36.6 Å². The van der Waals surface area contributed by atoms with Crippen LogP contribution in [0.5, 0.6) is 0 Å². The van der Waals surface area contributed by atoms with E-state index >= 15 is 0 Å². The molecule has 0 spiro atoms. The van der Waals surface area contributed by atoms with Crippen LogP contribution in [-0.2, 0) is 0 Å². The maximum absolute atomic E-state index is 5.90. The average Bonchev–Trinajstić information content (AvgIpc) is 2.66. The Hall–Kier alpha value is -0.470. The summed E-state index contributed by atoms with van der Waals surface area (Å²) in [6.07, 6.45) is 5.15. The van der Waals surface area contributed by atoms with Crippen LogP contribution in [0.25, 0.3) is 0 Å². The molecule has 0 saturated heterocycles. The zero-order chi connectivity index (χ0) is 10.5. The van der Waals surface area contributed by atoms with E-state index in [1.807, 2.05) is 11.8 Å². The van der Waals surface area contributed by atoms with Crippen molar-refractivity contribution >= 4 is 11.8 Å². The predicted molar refractivity (Wildman–Crippen MR) is 67.1 cm³/mol. The zero-order valence-corrected chi connectivity index (χ0v) is 9.88. The van der Waals surface area contributed by atoms with Crippen LogP contribution in [0.1, 0.15) is 25.7 Å². The lowest BCUT2D eigenvalue weighted by Gasteiger charge is -2.08. The molecular weight excluding hydrogens is 202 g/mol. The van der Waals surface area contributed by atoms with Crippen molar-refractivity contribution in [1.82, 2.24) is 0 Å². The monoisotopic (exact) mass is 221 g/mol. The molecule has 2 rings (SSSR count). The van der Waals surface area contributed by atoms with Crippen molar-refractivity contribution in [2.24, 2.45) is 11.7 Å². The second-order valence-electron chi connectivity index (χ2n) is 4.39. The zero-order valence-electron chi connectivity index (χ0n) is 9.06. The van der Waals surface area contributed by atoms with Gasteiger partial charge in [-0.25, -0.2) is 0 Å². The summed E-state index contributed by atoms with van der Waals surface area (Å²) in [6.45, 7) is 0. The van der Waals surface area contributed by atoms with Crippen molar-refractivity contribution in [1.29, 1.82) is 0 Å². The van der Waals surface area contributed by atoms with Gasteiger partial charge in [-0.05, 0) is 49.5 Å². The molecular formula is C13H19NS. The maximum Gasteiger partial charge on any atom is 0.00719 e. The Bertz CT molecular complexity index is 286. The summed E-state index contributed by atoms with van der Waals surface area (Å²) in [5.41, 5.74) is 5.90. The van der Waals surface area contributed by atoms with E-state index in [4.69, 9.17) is 5.73 Å². The van der Waals surface area contributed by atoms with E-state index in [0.717, 1.165) is 5.92 Å². The van der Waals surface area contributed by atoms with Gasteiger partial charge in [-0.2, -0.15) is 0 Å². The van der Waals surface area contributed by atoms with E-state index in [9.17, 15) is 0 Å². The average molecular weight is 221 g/mol. The van der Waals surface area contributed by atoms with E-state index in [-0.39, 0.29) is 0 Å². The van der Waals surface area contributed by atoms with Crippen LogP contribution in [0.3, 0.4) is 0 Å². The van der Waals surface area contributed by atoms with Gasteiger partial charge in [-0.3, -0.25) is 0 Å². The summed E-state index contributed by atoms with van der Waals surface area (Å²) in [5, 5.41) is 0. The molecule has 1 saturated carbocycles. The third kappa shape index (κ3) is 3.54. The van der Waals surface area contributed by atoms with Crippen molar-refractivity contribution in [2.75, 3.05) is 5.75 Å². The lowest BCUT2D eigenvalue weighted by atomic mass is 10.1. The highest BCUT2D eigenvalue weighted by Gasteiger charge is 2.20. The minimum Gasteiger partial charge on any atom is -0.328 e. The van der Waals surface area contributed by atoms with Crippen LogP contribution >= 0.6 is 11.8 Å². The van der Waals surface area contributed by atoms with Crippen molar-refractivity contribution < 1.29 is 0 Å². The molecule has 1 nitrogen and oxygen atoms in total. The normalized spacial score (nSPS) is 25.7. The smallest absolute Gasteiger partial charge is 0.00719 e. The van der Waals surface area contributed by atoms with Gasteiger partial charge in [0.2, 0.25) is 0 Å². The minimum absolute atomic E-state index is 0.483. The largest absolute Gasteiger partial charge is 0.328 e. The lowest BCUT2D eigenvalue weighted by molar-refractivity contribution is 0.524. The van der Waals surface area contributed by atoms with Gasteiger partial charge >= 0.3 is 0 Å².